The highest BCUT2D eigenvalue weighted by molar-refractivity contribution is 7.98. The number of fused-ring (bicyclic) bond motifs is 1. The summed E-state index contributed by atoms with van der Waals surface area (Å²) in [4.78, 5) is 16.6. The molecule has 0 atom stereocenters. The molecule has 1 aromatic heterocycles. The predicted octanol–water partition coefficient (Wildman–Crippen LogP) is 5.18. The van der Waals surface area contributed by atoms with Crippen LogP contribution in [0, 0.1) is 0 Å². The number of aryl methyl sites for hydroxylation is 1. The molecule has 0 aliphatic carbocycles. The van der Waals surface area contributed by atoms with E-state index in [4.69, 9.17) is 21.3 Å². The summed E-state index contributed by atoms with van der Waals surface area (Å²) in [7, 11) is 0. The van der Waals surface area contributed by atoms with Crippen LogP contribution in [0.1, 0.15) is 29.8 Å². The lowest BCUT2D eigenvalue weighted by Gasteiger charge is -2.06. The molecule has 0 unspecified atom stereocenters. The van der Waals surface area contributed by atoms with Crippen LogP contribution in [0.15, 0.2) is 47.6 Å². The Morgan fingerprint density at radius 2 is 1.96 bits per heavy atom. The number of hydrogen-bond acceptors (Lipinski definition) is 4. The molecule has 1 heterocycles. The summed E-state index contributed by atoms with van der Waals surface area (Å²) >= 11 is 7.61. The van der Waals surface area contributed by atoms with Crippen LogP contribution in [0.2, 0.25) is 5.02 Å². The number of aromatic nitrogens is 2. The van der Waals surface area contributed by atoms with Gasteiger partial charge in [0.2, 0.25) is 0 Å². The number of benzene rings is 2. The highest BCUT2D eigenvalue weighted by Crippen LogP contribution is 2.28. The van der Waals surface area contributed by atoms with Crippen molar-refractivity contribution >= 4 is 40.4 Å². The lowest BCUT2D eigenvalue weighted by atomic mass is 10.2. The highest BCUT2D eigenvalue weighted by atomic mass is 35.5. The zero-order valence-corrected chi connectivity index (χ0v) is 15.7. The number of rotatable bonds is 6. The smallest absolute Gasteiger partial charge is 0.338 e. The molecule has 0 fully saturated rings. The molecule has 0 saturated heterocycles. The first-order chi connectivity index (χ1) is 12.1. The van der Waals surface area contributed by atoms with Gasteiger partial charge in [0.05, 0.1) is 23.2 Å². The van der Waals surface area contributed by atoms with Gasteiger partial charge in [-0.2, -0.15) is 0 Å². The van der Waals surface area contributed by atoms with Crippen molar-refractivity contribution in [1.82, 2.24) is 9.55 Å². The molecule has 0 amide bonds. The maximum Gasteiger partial charge on any atom is 0.338 e. The van der Waals surface area contributed by atoms with E-state index in [9.17, 15) is 4.79 Å². The predicted molar refractivity (Wildman–Crippen MR) is 102 cm³/mol. The molecule has 0 bridgehead atoms. The third-order valence-electron chi connectivity index (χ3n) is 3.82. The average Bonchev–Trinajstić information content (AvgIpc) is 2.98. The number of thioether (sulfide) groups is 1. The molecular weight excluding hydrogens is 356 g/mol. The number of carbonyl (C=O) groups excluding carboxylic acids is 1. The molecule has 0 aliphatic rings. The van der Waals surface area contributed by atoms with E-state index < -0.39 is 0 Å². The van der Waals surface area contributed by atoms with Gasteiger partial charge in [0.15, 0.2) is 5.16 Å². The molecule has 2 aromatic carbocycles. The topological polar surface area (TPSA) is 44.1 Å². The van der Waals surface area contributed by atoms with E-state index >= 15 is 0 Å². The minimum absolute atomic E-state index is 0.314. The quantitative estimate of drug-likeness (QED) is 0.440. The lowest BCUT2D eigenvalue weighted by molar-refractivity contribution is 0.0526. The van der Waals surface area contributed by atoms with E-state index in [0.29, 0.717) is 12.2 Å². The van der Waals surface area contributed by atoms with Gasteiger partial charge in [-0.15, -0.1) is 0 Å². The second-order valence-corrected chi connectivity index (χ2v) is 6.86. The van der Waals surface area contributed by atoms with Gasteiger partial charge >= 0.3 is 5.97 Å². The second kappa shape index (κ2) is 7.93. The van der Waals surface area contributed by atoms with Crippen LogP contribution in [-0.2, 0) is 17.0 Å². The first-order valence-corrected chi connectivity index (χ1v) is 9.53. The minimum Gasteiger partial charge on any atom is -0.462 e. The monoisotopic (exact) mass is 374 g/mol. The number of carbonyl (C=O) groups is 1. The van der Waals surface area contributed by atoms with Gasteiger partial charge in [0, 0.05) is 17.3 Å². The summed E-state index contributed by atoms with van der Waals surface area (Å²) in [5.41, 5.74) is 3.56. The van der Waals surface area contributed by atoms with Gasteiger partial charge in [0.25, 0.3) is 0 Å². The Labute approximate surface area is 156 Å². The molecule has 0 spiro atoms. The van der Waals surface area contributed by atoms with E-state index in [1.807, 2.05) is 30.3 Å². The largest absolute Gasteiger partial charge is 0.462 e. The molecule has 130 valence electrons. The fourth-order valence-electron chi connectivity index (χ4n) is 2.59. The fourth-order valence-corrected chi connectivity index (χ4v) is 3.75. The van der Waals surface area contributed by atoms with Crippen LogP contribution in [0.4, 0.5) is 0 Å². The Morgan fingerprint density at radius 1 is 1.20 bits per heavy atom. The summed E-state index contributed by atoms with van der Waals surface area (Å²) in [5.74, 6) is 0.497. The number of imidazole rings is 1. The molecule has 0 N–H and O–H groups in total. The van der Waals surface area contributed by atoms with Gasteiger partial charge in [-0.1, -0.05) is 35.5 Å². The first kappa shape index (κ1) is 17.8. The summed E-state index contributed by atoms with van der Waals surface area (Å²) in [6.45, 7) is 5.07. The summed E-state index contributed by atoms with van der Waals surface area (Å²) < 4.78 is 7.22. The van der Waals surface area contributed by atoms with Crippen LogP contribution in [0.3, 0.4) is 0 Å². The van der Waals surface area contributed by atoms with E-state index in [-0.39, 0.29) is 5.97 Å². The molecule has 4 nitrogen and oxygen atoms in total. The maximum absolute atomic E-state index is 11.9. The number of nitrogens with zero attached hydrogens (tertiary/aromatic N) is 2. The molecule has 6 heteroatoms. The zero-order valence-electron chi connectivity index (χ0n) is 14.2. The van der Waals surface area contributed by atoms with Crippen molar-refractivity contribution in [2.45, 2.75) is 31.3 Å². The van der Waals surface area contributed by atoms with Gasteiger partial charge in [0.1, 0.15) is 0 Å². The molecular formula is C19H19ClN2O2S. The molecule has 3 rings (SSSR count). The third kappa shape index (κ3) is 3.99. The van der Waals surface area contributed by atoms with Crippen LogP contribution in [-0.4, -0.2) is 22.1 Å². The number of ether oxygens (including phenoxy) is 1. The minimum atomic E-state index is -0.314. The van der Waals surface area contributed by atoms with Crippen molar-refractivity contribution in [3.05, 3.63) is 58.6 Å². The van der Waals surface area contributed by atoms with Gasteiger partial charge in [-0.3, -0.25) is 0 Å². The summed E-state index contributed by atoms with van der Waals surface area (Å²) in [5, 5.41) is 1.68. The SMILES string of the molecule is CCOC(=O)c1ccc2c(c1)nc(SCc1ccc(Cl)cc1)n2CC. The zero-order chi connectivity index (χ0) is 17.8. The highest BCUT2D eigenvalue weighted by Gasteiger charge is 2.14. The number of hydrogen-bond donors (Lipinski definition) is 0. The van der Waals surface area contributed by atoms with E-state index in [2.05, 4.69) is 11.5 Å². The maximum atomic E-state index is 11.9. The van der Waals surface area contributed by atoms with Crippen molar-refractivity contribution < 1.29 is 9.53 Å². The molecule has 25 heavy (non-hydrogen) atoms. The van der Waals surface area contributed by atoms with Gasteiger partial charge < -0.3 is 9.30 Å². The molecule has 0 aliphatic heterocycles. The van der Waals surface area contributed by atoms with E-state index in [1.54, 1.807) is 30.8 Å². The summed E-state index contributed by atoms with van der Waals surface area (Å²) in [6.07, 6.45) is 0. The van der Waals surface area contributed by atoms with E-state index in [0.717, 1.165) is 33.5 Å². The number of halogens is 1. The average molecular weight is 375 g/mol. The van der Waals surface area contributed by atoms with Crippen molar-refractivity contribution in [3.63, 3.8) is 0 Å². The van der Waals surface area contributed by atoms with Crippen LogP contribution >= 0.6 is 23.4 Å². The van der Waals surface area contributed by atoms with Crippen LogP contribution in [0.5, 0.6) is 0 Å². The second-order valence-electron chi connectivity index (χ2n) is 5.48. The molecule has 3 aromatic rings. The Bertz CT molecular complexity index is 890. The normalized spacial score (nSPS) is 11.0. The lowest BCUT2D eigenvalue weighted by Crippen LogP contribution is -2.04. The third-order valence-corrected chi connectivity index (χ3v) is 5.12. The van der Waals surface area contributed by atoms with Crippen LogP contribution in [0.25, 0.3) is 11.0 Å². The standard InChI is InChI=1S/C19H19ClN2O2S/c1-3-22-17-10-7-14(18(23)24-4-2)11-16(17)21-19(22)25-12-13-5-8-15(20)9-6-13/h5-11H,3-4,12H2,1-2H3. The Morgan fingerprint density at radius 3 is 2.64 bits per heavy atom. The fraction of sp³-hybridized carbons (Fsp3) is 0.263. The Kier molecular flexibility index (Phi) is 5.66. The Balaban J connectivity index is 1.86. The molecule has 0 saturated carbocycles. The molecule has 0 radical (unpaired) electrons. The van der Waals surface area contributed by atoms with Crippen molar-refractivity contribution in [1.29, 1.82) is 0 Å². The Hall–Kier alpha value is -1.98. The van der Waals surface area contributed by atoms with Crippen LogP contribution < -0.4 is 0 Å². The van der Waals surface area contributed by atoms with Crippen molar-refractivity contribution in [2.24, 2.45) is 0 Å². The summed E-state index contributed by atoms with van der Waals surface area (Å²) in [6, 6.07) is 13.4. The van der Waals surface area contributed by atoms with Gasteiger partial charge in [-0.05, 0) is 49.7 Å². The number of esters is 1. The van der Waals surface area contributed by atoms with E-state index in [1.165, 1.54) is 5.56 Å². The van der Waals surface area contributed by atoms with Gasteiger partial charge in [-0.25, -0.2) is 9.78 Å². The van der Waals surface area contributed by atoms with Crippen molar-refractivity contribution in [3.8, 4) is 0 Å². The van der Waals surface area contributed by atoms with Crippen molar-refractivity contribution in [2.75, 3.05) is 6.61 Å². The first-order valence-electron chi connectivity index (χ1n) is 8.17.